The summed E-state index contributed by atoms with van der Waals surface area (Å²) in [6.45, 7) is 2.06. The Balaban J connectivity index is 2.26. The lowest BCUT2D eigenvalue weighted by Crippen LogP contribution is -2.49. The topological polar surface area (TPSA) is 105 Å². The third-order valence-corrected chi connectivity index (χ3v) is 3.80. The van der Waals surface area contributed by atoms with Gasteiger partial charge >= 0.3 is 5.97 Å². The quantitative estimate of drug-likeness (QED) is 0.775. The Labute approximate surface area is 117 Å². The number of hydrogen-bond acceptors (Lipinski definition) is 4. The average Bonchev–Trinajstić information content (AvgIpc) is 2.38. The number of carboxylic acid groups (broad SMARTS) is 1. The van der Waals surface area contributed by atoms with Crippen LogP contribution in [0.2, 0.25) is 0 Å². The molecule has 1 aliphatic rings. The number of carbonyl (C=O) groups is 2. The summed E-state index contributed by atoms with van der Waals surface area (Å²) in [5.74, 6) is -1.14. The summed E-state index contributed by atoms with van der Waals surface area (Å²) in [5.41, 5.74) is 4.89. The lowest BCUT2D eigenvalue weighted by molar-refractivity contribution is -0.144. The van der Waals surface area contributed by atoms with Crippen molar-refractivity contribution in [2.24, 2.45) is 11.7 Å². The predicted octanol–water partition coefficient (Wildman–Crippen LogP) is 1.63. The first-order valence-corrected chi connectivity index (χ1v) is 6.70. The van der Waals surface area contributed by atoms with Gasteiger partial charge in [0.05, 0.1) is 0 Å². The summed E-state index contributed by atoms with van der Waals surface area (Å²) in [4.78, 5) is 26.7. The molecule has 0 aromatic carbocycles. The van der Waals surface area contributed by atoms with Crippen LogP contribution in [-0.4, -0.2) is 27.5 Å². The van der Waals surface area contributed by atoms with Gasteiger partial charge in [-0.1, -0.05) is 19.8 Å². The Hall–Kier alpha value is -2.11. The van der Waals surface area contributed by atoms with Crippen LogP contribution in [0.1, 0.15) is 43.1 Å². The maximum Gasteiger partial charge on any atom is 0.329 e. The number of aromatic nitrogens is 1. The second-order valence-corrected chi connectivity index (χ2v) is 5.51. The second-order valence-electron chi connectivity index (χ2n) is 5.51. The van der Waals surface area contributed by atoms with Crippen LogP contribution in [0.3, 0.4) is 0 Å². The first-order chi connectivity index (χ1) is 9.43. The number of carbonyl (C=O) groups excluding carboxylic acids is 1. The van der Waals surface area contributed by atoms with E-state index in [0.29, 0.717) is 24.4 Å². The fourth-order valence-corrected chi connectivity index (χ4v) is 2.83. The lowest BCUT2D eigenvalue weighted by Gasteiger charge is -2.37. The molecule has 0 saturated heterocycles. The molecule has 0 bridgehead atoms. The number of nitrogens with zero attached hydrogens (tertiary/aromatic N) is 1. The zero-order valence-corrected chi connectivity index (χ0v) is 11.4. The van der Waals surface area contributed by atoms with Crippen molar-refractivity contribution in [1.29, 1.82) is 0 Å². The summed E-state index contributed by atoms with van der Waals surface area (Å²) in [6.07, 6.45) is 4.50. The molecule has 0 aliphatic heterocycles. The molecule has 1 aromatic heterocycles. The second kappa shape index (κ2) is 5.48. The highest BCUT2D eigenvalue weighted by atomic mass is 16.4. The smallest absolute Gasteiger partial charge is 0.329 e. The highest BCUT2D eigenvalue weighted by Gasteiger charge is 2.41. The minimum atomic E-state index is -0.978. The molecular formula is C14H19N3O3. The Kier molecular flexibility index (Phi) is 3.92. The van der Waals surface area contributed by atoms with E-state index in [4.69, 9.17) is 5.73 Å². The van der Waals surface area contributed by atoms with Gasteiger partial charge in [0.15, 0.2) is 0 Å². The number of nitrogens with two attached hydrogens (primary N) is 1. The first kappa shape index (κ1) is 14.3. The molecular weight excluding hydrogens is 258 g/mol. The molecule has 6 heteroatoms. The van der Waals surface area contributed by atoms with E-state index in [1.807, 2.05) is 0 Å². The summed E-state index contributed by atoms with van der Waals surface area (Å²) in [6, 6.07) is 3.14. The monoisotopic (exact) mass is 277 g/mol. The number of primary amides is 1. The summed E-state index contributed by atoms with van der Waals surface area (Å²) >= 11 is 0. The molecule has 0 radical (unpaired) electrons. The SMILES string of the molecule is CC1CCCC(Nc2ccnc(C(N)=O)c2)(C(=O)O)C1. The summed E-state index contributed by atoms with van der Waals surface area (Å²) < 4.78 is 0. The van der Waals surface area contributed by atoms with Gasteiger partial charge in [-0.2, -0.15) is 0 Å². The van der Waals surface area contributed by atoms with Crippen molar-refractivity contribution in [3.05, 3.63) is 24.0 Å². The van der Waals surface area contributed by atoms with Crippen LogP contribution < -0.4 is 11.1 Å². The Morgan fingerprint density at radius 3 is 2.90 bits per heavy atom. The fraction of sp³-hybridized carbons (Fsp3) is 0.500. The van der Waals surface area contributed by atoms with Gasteiger partial charge in [0.1, 0.15) is 11.2 Å². The number of nitrogens with one attached hydrogen (secondary N) is 1. The van der Waals surface area contributed by atoms with E-state index in [1.165, 1.54) is 12.3 Å². The minimum Gasteiger partial charge on any atom is -0.480 e. The van der Waals surface area contributed by atoms with Gasteiger partial charge in [0.25, 0.3) is 5.91 Å². The third-order valence-electron chi connectivity index (χ3n) is 3.80. The largest absolute Gasteiger partial charge is 0.480 e. The van der Waals surface area contributed by atoms with Gasteiger partial charge in [-0.05, 0) is 30.9 Å². The minimum absolute atomic E-state index is 0.124. The van der Waals surface area contributed by atoms with E-state index >= 15 is 0 Å². The van der Waals surface area contributed by atoms with Gasteiger partial charge in [0.2, 0.25) is 0 Å². The van der Waals surface area contributed by atoms with Crippen molar-refractivity contribution in [1.82, 2.24) is 4.98 Å². The molecule has 4 N–H and O–H groups in total. The lowest BCUT2D eigenvalue weighted by atomic mass is 9.76. The summed E-state index contributed by atoms with van der Waals surface area (Å²) in [7, 11) is 0. The van der Waals surface area contributed by atoms with E-state index in [1.54, 1.807) is 6.07 Å². The molecule has 108 valence electrons. The molecule has 2 atom stereocenters. The molecule has 1 saturated carbocycles. The number of amides is 1. The van der Waals surface area contributed by atoms with Crippen LogP contribution in [0.5, 0.6) is 0 Å². The highest BCUT2D eigenvalue weighted by Crippen LogP contribution is 2.35. The van der Waals surface area contributed by atoms with Gasteiger partial charge in [-0.15, -0.1) is 0 Å². The van der Waals surface area contributed by atoms with Crippen LogP contribution in [0, 0.1) is 5.92 Å². The van der Waals surface area contributed by atoms with E-state index < -0.39 is 17.4 Å². The Morgan fingerprint density at radius 1 is 1.55 bits per heavy atom. The molecule has 1 fully saturated rings. The van der Waals surface area contributed by atoms with Gasteiger partial charge in [-0.25, -0.2) is 4.79 Å². The molecule has 0 spiro atoms. The first-order valence-electron chi connectivity index (χ1n) is 6.70. The number of hydrogen-bond donors (Lipinski definition) is 3. The fourth-order valence-electron chi connectivity index (χ4n) is 2.83. The Bertz CT molecular complexity index is 532. The molecule has 20 heavy (non-hydrogen) atoms. The van der Waals surface area contributed by atoms with Crippen LogP contribution in [0.25, 0.3) is 0 Å². The molecule has 1 heterocycles. The summed E-state index contributed by atoms with van der Waals surface area (Å²) in [5, 5.41) is 12.6. The molecule has 1 aromatic rings. The van der Waals surface area contributed by atoms with Gasteiger partial charge in [0, 0.05) is 11.9 Å². The van der Waals surface area contributed by atoms with E-state index in [2.05, 4.69) is 17.2 Å². The van der Waals surface area contributed by atoms with Crippen molar-refractivity contribution in [3.8, 4) is 0 Å². The molecule has 1 aliphatic carbocycles. The number of rotatable bonds is 4. The van der Waals surface area contributed by atoms with Gasteiger partial charge < -0.3 is 16.2 Å². The third kappa shape index (κ3) is 2.89. The number of anilines is 1. The average molecular weight is 277 g/mol. The maximum atomic E-state index is 11.7. The van der Waals surface area contributed by atoms with Crippen LogP contribution in [0.15, 0.2) is 18.3 Å². The van der Waals surface area contributed by atoms with Crippen molar-refractivity contribution < 1.29 is 14.7 Å². The Morgan fingerprint density at radius 2 is 2.30 bits per heavy atom. The van der Waals surface area contributed by atoms with Crippen LogP contribution >= 0.6 is 0 Å². The standard InChI is InChI=1S/C14H19N3O3/c1-9-3-2-5-14(8-9,13(19)20)17-10-4-6-16-11(7-10)12(15)18/h4,6-7,9H,2-3,5,8H2,1H3,(H2,15,18)(H,16,17)(H,19,20). The number of pyridine rings is 1. The van der Waals surface area contributed by atoms with Crippen LogP contribution in [0.4, 0.5) is 5.69 Å². The van der Waals surface area contributed by atoms with Crippen molar-refractivity contribution >= 4 is 17.6 Å². The van der Waals surface area contributed by atoms with E-state index in [9.17, 15) is 14.7 Å². The van der Waals surface area contributed by atoms with E-state index in [0.717, 1.165) is 12.8 Å². The zero-order valence-electron chi connectivity index (χ0n) is 11.4. The van der Waals surface area contributed by atoms with Crippen molar-refractivity contribution in [2.75, 3.05) is 5.32 Å². The molecule has 2 unspecified atom stereocenters. The normalized spacial score (nSPS) is 25.9. The molecule has 2 rings (SSSR count). The predicted molar refractivity (Wildman–Crippen MR) is 74.4 cm³/mol. The van der Waals surface area contributed by atoms with E-state index in [-0.39, 0.29) is 5.69 Å². The zero-order chi connectivity index (χ0) is 14.8. The van der Waals surface area contributed by atoms with Crippen molar-refractivity contribution in [2.45, 2.75) is 38.1 Å². The maximum absolute atomic E-state index is 11.7. The number of carboxylic acids is 1. The molecule has 6 nitrogen and oxygen atoms in total. The van der Waals surface area contributed by atoms with Gasteiger partial charge in [-0.3, -0.25) is 9.78 Å². The number of aliphatic carboxylic acids is 1. The highest BCUT2D eigenvalue weighted by molar-refractivity contribution is 5.92. The van der Waals surface area contributed by atoms with Crippen molar-refractivity contribution in [3.63, 3.8) is 0 Å². The molecule has 1 amide bonds. The van der Waals surface area contributed by atoms with Crippen LogP contribution in [-0.2, 0) is 4.79 Å².